The molecule has 1 heterocycles. The normalized spacial score (nSPS) is 10.3. The molecule has 5 heteroatoms. The fraction of sp³-hybridized carbons (Fsp3) is 0.150. The van der Waals surface area contributed by atoms with E-state index >= 15 is 0 Å². The van der Waals surface area contributed by atoms with Crippen LogP contribution in [0.25, 0.3) is 0 Å². The Morgan fingerprint density at radius 3 is 2.24 bits per heavy atom. The van der Waals surface area contributed by atoms with Gasteiger partial charge in [0, 0.05) is 13.1 Å². The highest BCUT2D eigenvalue weighted by Gasteiger charge is 2.07. The van der Waals surface area contributed by atoms with E-state index in [2.05, 4.69) is 52.0 Å². The zero-order valence-corrected chi connectivity index (χ0v) is 14.1. The largest absolute Gasteiger partial charge is 0.365 e. The molecule has 3 aromatic rings. The number of aryl methyl sites for hydroxylation is 1. The van der Waals surface area contributed by atoms with Crippen LogP contribution in [0.15, 0.2) is 66.7 Å². The lowest BCUT2D eigenvalue weighted by molar-refractivity contribution is 0.0945. The first-order chi connectivity index (χ1) is 12.2. The van der Waals surface area contributed by atoms with E-state index < -0.39 is 0 Å². The number of rotatable bonds is 6. The second-order valence-electron chi connectivity index (χ2n) is 5.81. The second kappa shape index (κ2) is 8.06. The fourth-order valence-electron chi connectivity index (χ4n) is 2.31. The predicted molar refractivity (Wildman–Crippen MR) is 98.1 cm³/mol. The maximum atomic E-state index is 12.1. The minimum Gasteiger partial charge on any atom is -0.365 e. The summed E-state index contributed by atoms with van der Waals surface area (Å²) in [5.41, 5.74) is 3.74. The summed E-state index contributed by atoms with van der Waals surface area (Å²) in [5.74, 6) is 0.404. The van der Waals surface area contributed by atoms with Crippen LogP contribution in [0.5, 0.6) is 0 Å². The minimum atomic E-state index is -0.235. The summed E-state index contributed by atoms with van der Waals surface area (Å²) in [7, 11) is 0. The quantitative estimate of drug-likeness (QED) is 0.726. The van der Waals surface area contributed by atoms with Gasteiger partial charge in [-0.3, -0.25) is 4.79 Å². The van der Waals surface area contributed by atoms with Gasteiger partial charge in [-0.15, -0.1) is 10.2 Å². The van der Waals surface area contributed by atoms with Crippen molar-refractivity contribution in [2.24, 2.45) is 0 Å². The molecule has 0 atom stereocenters. The number of carbonyl (C=O) groups excluding carboxylic acids is 1. The van der Waals surface area contributed by atoms with Gasteiger partial charge in [0.25, 0.3) is 5.91 Å². The Balaban J connectivity index is 1.52. The van der Waals surface area contributed by atoms with Crippen LogP contribution >= 0.6 is 0 Å². The SMILES string of the molecule is Cc1ccc(CNc2ccc(C(=O)NCc3ccccc3)nn2)cc1. The van der Waals surface area contributed by atoms with E-state index in [0.717, 1.165) is 11.1 Å². The molecular formula is C20H20N4O. The van der Waals surface area contributed by atoms with Gasteiger partial charge in [-0.05, 0) is 30.2 Å². The highest BCUT2D eigenvalue weighted by molar-refractivity contribution is 5.92. The Labute approximate surface area is 147 Å². The van der Waals surface area contributed by atoms with Gasteiger partial charge in [0.1, 0.15) is 5.82 Å². The van der Waals surface area contributed by atoms with Crippen LogP contribution in [0.2, 0.25) is 0 Å². The van der Waals surface area contributed by atoms with Gasteiger partial charge < -0.3 is 10.6 Å². The second-order valence-corrected chi connectivity index (χ2v) is 5.81. The summed E-state index contributed by atoms with van der Waals surface area (Å²) in [4.78, 5) is 12.1. The van der Waals surface area contributed by atoms with Crippen LogP contribution in [0.4, 0.5) is 5.82 Å². The first-order valence-corrected chi connectivity index (χ1v) is 8.16. The molecule has 5 nitrogen and oxygen atoms in total. The third-order valence-electron chi connectivity index (χ3n) is 3.79. The monoisotopic (exact) mass is 332 g/mol. The molecule has 1 aromatic heterocycles. The molecule has 126 valence electrons. The van der Waals surface area contributed by atoms with Crippen molar-refractivity contribution < 1.29 is 4.79 Å². The Hall–Kier alpha value is -3.21. The molecule has 0 spiro atoms. The van der Waals surface area contributed by atoms with E-state index in [0.29, 0.717) is 24.6 Å². The van der Waals surface area contributed by atoms with E-state index in [1.807, 2.05) is 30.3 Å². The molecule has 0 aliphatic heterocycles. The lowest BCUT2D eigenvalue weighted by atomic mass is 10.1. The topological polar surface area (TPSA) is 66.9 Å². The zero-order valence-electron chi connectivity index (χ0n) is 14.1. The number of hydrogen-bond donors (Lipinski definition) is 2. The van der Waals surface area contributed by atoms with Crippen LogP contribution in [-0.2, 0) is 13.1 Å². The zero-order chi connectivity index (χ0) is 17.5. The summed E-state index contributed by atoms with van der Waals surface area (Å²) < 4.78 is 0. The first kappa shape index (κ1) is 16.6. The van der Waals surface area contributed by atoms with Gasteiger partial charge >= 0.3 is 0 Å². The number of aromatic nitrogens is 2. The molecule has 3 rings (SSSR count). The maximum absolute atomic E-state index is 12.1. The Morgan fingerprint density at radius 1 is 0.840 bits per heavy atom. The molecule has 0 aliphatic carbocycles. The van der Waals surface area contributed by atoms with Gasteiger partial charge in [-0.25, -0.2) is 0 Å². The number of nitrogens with zero attached hydrogens (tertiary/aromatic N) is 2. The van der Waals surface area contributed by atoms with Crippen molar-refractivity contribution in [2.45, 2.75) is 20.0 Å². The standard InChI is InChI=1S/C20H20N4O/c1-15-7-9-17(10-8-15)13-21-19-12-11-18(23-24-19)20(25)22-14-16-5-3-2-4-6-16/h2-12H,13-14H2,1H3,(H,21,24)(H,22,25). The average Bonchev–Trinajstić information content (AvgIpc) is 2.67. The Bertz CT molecular complexity index is 815. The Kier molecular flexibility index (Phi) is 5.36. The van der Waals surface area contributed by atoms with Gasteiger partial charge in [0.15, 0.2) is 5.69 Å². The average molecular weight is 332 g/mol. The lowest BCUT2D eigenvalue weighted by Crippen LogP contribution is -2.24. The number of hydrogen-bond acceptors (Lipinski definition) is 4. The van der Waals surface area contributed by atoms with Crippen molar-refractivity contribution >= 4 is 11.7 Å². The minimum absolute atomic E-state index is 0.235. The van der Waals surface area contributed by atoms with Crippen molar-refractivity contribution in [2.75, 3.05) is 5.32 Å². The maximum Gasteiger partial charge on any atom is 0.272 e. The summed E-state index contributed by atoms with van der Waals surface area (Å²) in [5, 5.41) is 14.1. The van der Waals surface area contributed by atoms with Crippen molar-refractivity contribution in [1.29, 1.82) is 0 Å². The molecular weight excluding hydrogens is 312 g/mol. The van der Waals surface area contributed by atoms with Gasteiger partial charge in [-0.1, -0.05) is 60.2 Å². The van der Waals surface area contributed by atoms with Gasteiger partial charge in [0.05, 0.1) is 0 Å². The molecule has 1 amide bonds. The van der Waals surface area contributed by atoms with Crippen molar-refractivity contribution in [3.8, 4) is 0 Å². The van der Waals surface area contributed by atoms with Crippen molar-refractivity contribution in [3.63, 3.8) is 0 Å². The highest BCUT2D eigenvalue weighted by Crippen LogP contribution is 2.08. The van der Waals surface area contributed by atoms with Crippen molar-refractivity contribution in [1.82, 2.24) is 15.5 Å². The predicted octanol–water partition coefficient (Wildman–Crippen LogP) is 3.33. The molecule has 0 unspecified atom stereocenters. The van der Waals surface area contributed by atoms with Crippen LogP contribution in [0, 0.1) is 6.92 Å². The van der Waals surface area contributed by atoms with Crippen molar-refractivity contribution in [3.05, 3.63) is 89.1 Å². The fourth-order valence-corrected chi connectivity index (χ4v) is 2.31. The highest BCUT2D eigenvalue weighted by atomic mass is 16.1. The summed E-state index contributed by atoms with van der Waals surface area (Å²) >= 11 is 0. The number of nitrogens with one attached hydrogen (secondary N) is 2. The van der Waals surface area contributed by atoms with E-state index in [1.165, 1.54) is 5.56 Å². The molecule has 2 N–H and O–H groups in total. The Morgan fingerprint density at radius 2 is 1.56 bits per heavy atom. The molecule has 25 heavy (non-hydrogen) atoms. The third kappa shape index (κ3) is 4.88. The molecule has 0 aliphatic rings. The number of amides is 1. The molecule has 0 fully saturated rings. The first-order valence-electron chi connectivity index (χ1n) is 8.16. The molecule has 0 radical (unpaired) electrons. The summed E-state index contributed by atoms with van der Waals surface area (Å²) in [6.45, 7) is 3.19. The molecule has 2 aromatic carbocycles. The van der Waals surface area contributed by atoms with E-state index in [9.17, 15) is 4.79 Å². The van der Waals surface area contributed by atoms with Crippen LogP contribution < -0.4 is 10.6 Å². The number of benzene rings is 2. The van der Waals surface area contributed by atoms with Gasteiger partial charge in [-0.2, -0.15) is 0 Å². The van der Waals surface area contributed by atoms with E-state index in [1.54, 1.807) is 12.1 Å². The van der Waals surface area contributed by atoms with Crippen LogP contribution in [0.3, 0.4) is 0 Å². The molecule has 0 saturated carbocycles. The van der Waals surface area contributed by atoms with Crippen LogP contribution in [0.1, 0.15) is 27.2 Å². The van der Waals surface area contributed by atoms with Gasteiger partial charge in [0.2, 0.25) is 0 Å². The van der Waals surface area contributed by atoms with E-state index in [-0.39, 0.29) is 5.91 Å². The number of carbonyl (C=O) groups is 1. The summed E-state index contributed by atoms with van der Waals surface area (Å²) in [6, 6.07) is 21.5. The smallest absolute Gasteiger partial charge is 0.272 e. The van der Waals surface area contributed by atoms with Crippen LogP contribution in [-0.4, -0.2) is 16.1 Å². The molecule has 0 bridgehead atoms. The summed E-state index contributed by atoms with van der Waals surface area (Å²) in [6.07, 6.45) is 0. The molecule has 0 saturated heterocycles. The number of anilines is 1. The lowest BCUT2D eigenvalue weighted by Gasteiger charge is -2.07. The van der Waals surface area contributed by atoms with E-state index in [4.69, 9.17) is 0 Å². The third-order valence-corrected chi connectivity index (χ3v) is 3.79.